The topological polar surface area (TPSA) is 187 Å². The SMILES string of the molecule is CNC(=O)N1C[C@]2(COCc3cccc(-c4ccc(OC)cc4)c3-c3ccc(OC)cc3)O[C@@H](n3cnc4c(NC(=O)c5ccccc5)ncnc43)[C@H]1[C@@H]2OP(OCCC#N)N(C(C)C)C(C)C. The van der Waals surface area contributed by atoms with Gasteiger partial charge in [-0.05, 0) is 91.9 Å². The first-order valence-corrected chi connectivity index (χ1v) is 23.6. The third-order valence-corrected chi connectivity index (χ3v) is 14.2. The minimum absolute atomic E-state index is 0.00228. The van der Waals surface area contributed by atoms with Crippen LogP contribution in [-0.2, 0) is 25.1 Å². The number of anilines is 1. The summed E-state index contributed by atoms with van der Waals surface area (Å²) >= 11 is 0. The van der Waals surface area contributed by atoms with E-state index in [-0.39, 0.29) is 62.6 Å². The number of aromatic nitrogens is 4. The minimum atomic E-state index is -1.82. The normalized spacial score (nSPS) is 19.1. The summed E-state index contributed by atoms with van der Waals surface area (Å²) < 4.78 is 42.6. The van der Waals surface area contributed by atoms with Gasteiger partial charge in [0, 0.05) is 24.7 Å². The molecule has 0 saturated carbocycles. The van der Waals surface area contributed by atoms with Crippen molar-refractivity contribution in [1.29, 1.82) is 5.26 Å². The Morgan fingerprint density at radius 1 is 0.912 bits per heavy atom. The van der Waals surface area contributed by atoms with Crippen LogP contribution in [0.25, 0.3) is 33.4 Å². The average molecular weight is 942 g/mol. The van der Waals surface area contributed by atoms with Crippen molar-refractivity contribution in [2.45, 2.75) is 76.8 Å². The first-order chi connectivity index (χ1) is 33.0. The average Bonchev–Trinajstić information content (AvgIpc) is 4.02. The van der Waals surface area contributed by atoms with E-state index >= 15 is 0 Å². The van der Waals surface area contributed by atoms with E-state index in [1.54, 1.807) is 61.3 Å². The molecule has 2 saturated heterocycles. The summed E-state index contributed by atoms with van der Waals surface area (Å²) in [4.78, 5) is 42.8. The van der Waals surface area contributed by atoms with Crippen LogP contribution in [0.3, 0.4) is 0 Å². The van der Waals surface area contributed by atoms with Crippen LogP contribution in [0.15, 0.2) is 110 Å². The lowest BCUT2D eigenvalue weighted by atomic mass is 9.90. The van der Waals surface area contributed by atoms with Crippen LogP contribution in [0.2, 0.25) is 0 Å². The Hall–Kier alpha value is -6.51. The van der Waals surface area contributed by atoms with Crippen molar-refractivity contribution in [3.8, 4) is 39.8 Å². The number of nitriles is 1. The Balaban J connectivity index is 1.19. The fourth-order valence-corrected chi connectivity index (χ4v) is 10.8. The predicted octanol–water partition coefficient (Wildman–Crippen LogP) is 8.60. The van der Waals surface area contributed by atoms with E-state index in [1.165, 1.54) is 6.33 Å². The highest BCUT2D eigenvalue weighted by Crippen LogP contribution is 2.56. The molecule has 2 N–H and O–H groups in total. The van der Waals surface area contributed by atoms with E-state index in [9.17, 15) is 14.9 Å². The number of carbonyl (C=O) groups excluding carboxylic acids is 2. The maximum absolute atomic E-state index is 14.1. The maximum atomic E-state index is 14.1. The molecule has 354 valence electrons. The standard InChI is InChI=1S/C50H56N9O8P/c1-32(2)59(33(3)4)68(65-26-12-25-51)67-44-43-48(58-31-55-42-45(53-30-54-46(42)58)56-47(60)36-13-9-8-10-14-36)66-50(44,28-57(43)49(61)52-5)29-64-27-37-15-11-16-40(34-17-21-38(62-6)22-18-34)41(37)35-19-23-39(63-7)24-20-35/h8-11,13-24,30-33,43-44,48H,12,26-29H2,1-7H3,(H,52,61)(H,53,54,56,60)/t43-,44+,48-,50-,68?/m1/s1. The van der Waals surface area contributed by atoms with Gasteiger partial charge >= 0.3 is 6.03 Å². The summed E-state index contributed by atoms with van der Waals surface area (Å²) in [6.07, 6.45) is 1.37. The molecule has 4 aromatic carbocycles. The zero-order valence-corrected chi connectivity index (χ0v) is 40.1. The lowest BCUT2D eigenvalue weighted by molar-refractivity contribution is -0.156. The van der Waals surface area contributed by atoms with Gasteiger partial charge in [0.05, 0.1) is 59.4 Å². The molecule has 2 bridgehead atoms. The molecule has 6 aromatic rings. The van der Waals surface area contributed by atoms with E-state index in [0.717, 1.165) is 39.3 Å². The number of urea groups is 1. The summed E-state index contributed by atoms with van der Waals surface area (Å²) in [5.41, 5.74) is 4.74. The second-order valence-corrected chi connectivity index (χ2v) is 18.4. The van der Waals surface area contributed by atoms with E-state index in [2.05, 4.69) is 70.1 Å². The number of morpholine rings is 1. The van der Waals surface area contributed by atoms with Gasteiger partial charge in [-0.3, -0.25) is 9.36 Å². The molecule has 68 heavy (non-hydrogen) atoms. The number of carbonyl (C=O) groups is 2. The molecule has 3 amide bonds. The summed E-state index contributed by atoms with van der Waals surface area (Å²) in [6, 6.07) is 31.9. The second-order valence-electron chi connectivity index (χ2n) is 17.0. The quantitative estimate of drug-likeness (QED) is 0.0581. The largest absolute Gasteiger partial charge is 0.497 e. The molecule has 0 radical (unpaired) electrons. The van der Waals surface area contributed by atoms with Crippen molar-refractivity contribution in [2.24, 2.45) is 0 Å². The van der Waals surface area contributed by atoms with Crippen molar-refractivity contribution in [3.63, 3.8) is 0 Å². The Labute approximate surface area is 397 Å². The van der Waals surface area contributed by atoms with E-state index in [1.807, 2.05) is 66.7 Å². The Kier molecular flexibility index (Phi) is 15.0. The molecule has 4 heterocycles. The predicted molar refractivity (Wildman–Crippen MR) is 258 cm³/mol. The zero-order valence-electron chi connectivity index (χ0n) is 39.2. The second kappa shape index (κ2) is 21.2. The molecule has 8 rings (SSSR count). The third-order valence-electron chi connectivity index (χ3n) is 12.1. The lowest BCUT2D eigenvalue weighted by Crippen LogP contribution is -2.52. The fraction of sp³-hybridized carbons (Fsp3) is 0.360. The summed E-state index contributed by atoms with van der Waals surface area (Å²) in [5, 5.41) is 15.2. The monoisotopic (exact) mass is 941 g/mol. The number of imidazole rings is 1. The number of amides is 3. The van der Waals surface area contributed by atoms with Crippen LogP contribution in [0, 0.1) is 11.3 Å². The van der Waals surface area contributed by atoms with Crippen molar-refractivity contribution >= 4 is 37.4 Å². The van der Waals surface area contributed by atoms with Gasteiger partial charge in [0.1, 0.15) is 35.6 Å². The number of rotatable bonds is 19. The van der Waals surface area contributed by atoms with E-state index in [4.69, 9.17) is 28.0 Å². The molecule has 2 fully saturated rings. The van der Waals surface area contributed by atoms with Crippen molar-refractivity contribution in [3.05, 3.63) is 121 Å². The number of nitrogens with one attached hydrogen (secondary N) is 2. The molecule has 18 heteroatoms. The van der Waals surface area contributed by atoms with Crippen LogP contribution >= 0.6 is 8.53 Å². The molecule has 0 aliphatic carbocycles. The van der Waals surface area contributed by atoms with Gasteiger partial charge in [0.15, 0.2) is 23.2 Å². The van der Waals surface area contributed by atoms with Crippen molar-refractivity contribution < 1.29 is 37.6 Å². The van der Waals surface area contributed by atoms with Gasteiger partial charge in [0.25, 0.3) is 14.4 Å². The molecule has 5 atom stereocenters. The molecule has 17 nitrogen and oxygen atoms in total. The van der Waals surface area contributed by atoms with Gasteiger partial charge in [0.2, 0.25) is 0 Å². The van der Waals surface area contributed by atoms with Gasteiger partial charge in [-0.2, -0.15) is 5.26 Å². The number of methoxy groups -OCH3 is 2. The number of hydrogen-bond donors (Lipinski definition) is 2. The van der Waals surface area contributed by atoms with Gasteiger partial charge in [-0.15, -0.1) is 0 Å². The smallest absolute Gasteiger partial charge is 0.317 e. The molecule has 2 aromatic heterocycles. The van der Waals surface area contributed by atoms with Crippen LogP contribution in [0.1, 0.15) is 56.3 Å². The number of ether oxygens (including phenoxy) is 4. The third kappa shape index (κ3) is 9.75. The van der Waals surface area contributed by atoms with Crippen LogP contribution in [0.5, 0.6) is 11.5 Å². The highest BCUT2D eigenvalue weighted by molar-refractivity contribution is 7.44. The maximum Gasteiger partial charge on any atom is 0.317 e. The van der Waals surface area contributed by atoms with Gasteiger partial charge in [-0.25, -0.2) is 24.4 Å². The Bertz CT molecular complexity index is 2730. The van der Waals surface area contributed by atoms with Crippen molar-refractivity contribution in [1.82, 2.24) is 34.4 Å². The summed E-state index contributed by atoms with van der Waals surface area (Å²) in [6.45, 7) is 8.68. The molecular formula is C50H56N9O8P. The van der Waals surface area contributed by atoms with Crippen LogP contribution in [-0.4, -0.2) is 112 Å². The summed E-state index contributed by atoms with van der Waals surface area (Å²) in [7, 11) is 3.04. The van der Waals surface area contributed by atoms with Gasteiger partial charge in [-0.1, -0.05) is 60.7 Å². The molecule has 2 aliphatic heterocycles. The highest BCUT2D eigenvalue weighted by atomic mass is 31.2. The number of fused-ring (bicyclic) bond motifs is 3. The Morgan fingerprint density at radius 2 is 1.60 bits per heavy atom. The fourth-order valence-electron chi connectivity index (χ4n) is 9.02. The first-order valence-electron chi connectivity index (χ1n) is 22.4. The minimum Gasteiger partial charge on any atom is -0.497 e. The lowest BCUT2D eigenvalue weighted by Gasteiger charge is -2.38. The highest BCUT2D eigenvalue weighted by Gasteiger charge is 2.67. The summed E-state index contributed by atoms with van der Waals surface area (Å²) in [5.74, 6) is 1.34. The number of nitrogens with zero attached hydrogens (tertiary/aromatic N) is 7. The van der Waals surface area contributed by atoms with E-state index in [0.29, 0.717) is 16.7 Å². The number of likely N-dealkylation sites (tertiary alicyclic amines) is 1. The van der Waals surface area contributed by atoms with Gasteiger partial charge < -0.3 is 43.5 Å². The molecule has 1 unspecified atom stereocenters. The number of hydrogen-bond acceptors (Lipinski definition) is 13. The van der Waals surface area contributed by atoms with E-state index < -0.39 is 32.5 Å². The molecule has 0 spiro atoms. The Morgan fingerprint density at radius 3 is 2.25 bits per heavy atom. The first kappa shape index (κ1) is 48.0. The zero-order chi connectivity index (χ0) is 48.0. The molecule has 2 aliphatic rings. The molecular weight excluding hydrogens is 886 g/mol. The van der Waals surface area contributed by atoms with Crippen LogP contribution in [0.4, 0.5) is 10.6 Å². The number of benzene rings is 4. The van der Waals surface area contributed by atoms with Crippen molar-refractivity contribution in [2.75, 3.05) is 46.3 Å². The van der Waals surface area contributed by atoms with Crippen LogP contribution < -0.4 is 20.1 Å².